The third kappa shape index (κ3) is 15.2. The Morgan fingerprint density at radius 3 is 1.79 bits per heavy atom. The molecule has 0 unspecified atom stereocenters. The summed E-state index contributed by atoms with van der Waals surface area (Å²) in [6, 6.07) is 0. The number of hydrogen-bond acceptors (Lipinski definition) is 4. The Bertz CT molecular complexity index is 439. The zero-order valence-corrected chi connectivity index (χ0v) is 17.2. The molecule has 0 heterocycles. The predicted octanol–water partition coefficient (Wildman–Crippen LogP) is 2.59. The summed E-state index contributed by atoms with van der Waals surface area (Å²) in [6.07, 6.45) is 11.4. The van der Waals surface area contributed by atoms with Crippen molar-refractivity contribution in [3.8, 4) is 0 Å². The average Bonchev–Trinajstić information content (AvgIpc) is 2.60. The van der Waals surface area contributed by atoms with Crippen LogP contribution in [0.15, 0.2) is 12.2 Å². The molecule has 0 fully saturated rings. The van der Waals surface area contributed by atoms with Crippen molar-refractivity contribution < 1.29 is 34.2 Å². The van der Waals surface area contributed by atoms with Crippen LogP contribution < -0.4 is 5.11 Å². The summed E-state index contributed by atoms with van der Waals surface area (Å²) < 4.78 is 0.527. The van der Waals surface area contributed by atoms with Gasteiger partial charge in [0.1, 0.15) is 0 Å². The van der Waals surface area contributed by atoms with Crippen molar-refractivity contribution in [1.29, 1.82) is 0 Å². The molecular weight excluding hydrogens is 362 g/mol. The van der Waals surface area contributed by atoms with Gasteiger partial charge in [0.15, 0.2) is 0 Å². The third-order valence-corrected chi connectivity index (χ3v) is 4.94. The molecule has 0 spiro atoms. The number of carbonyl (C=O) groups excluding carboxylic acids is 1. The topological polar surface area (TPSA) is 115 Å². The molecule has 7 heteroatoms. The second kappa shape index (κ2) is 16.1. The van der Waals surface area contributed by atoms with Crippen molar-refractivity contribution >= 4 is 17.9 Å². The molecule has 7 nitrogen and oxygen atoms in total. The minimum absolute atomic E-state index is 0.0431. The van der Waals surface area contributed by atoms with Crippen LogP contribution in [0, 0.1) is 0 Å². The summed E-state index contributed by atoms with van der Waals surface area (Å²) >= 11 is 0. The van der Waals surface area contributed by atoms with E-state index in [4.69, 9.17) is 10.2 Å². The second-order valence-electron chi connectivity index (χ2n) is 7.49. The van der Waals surface area contributed by atoms with Gasteiger partial charge in [-0.05, 0) is 25.3 Å². The van der Waals surface area contributed by atoms with E-state index in [-0.39, 0.29) is 19.3 Å². The summed E-state index contributed by atoms with van der Waals surface area (Å²) in [4.78, 5) is 32.6. The van der Waals surface area contributed by atoms with Crippen molar-refractivity contribution in [2.24, 2.45) is 0 Å². The predicted molar refractivity (Wildman–Crippen MR) is 106 cm³/mol. The quantitative estimate of drug-likeness (QED) is 0.196. The molecule has 0 aromatic rings. The first-order chi connectivity index (χ1) is 13.3. The molecule has 0 rings (SSSR count). The first kappa shape index (κ1) is 26.1. The van der Waals surface area contributed by atoms with E-state index in [1.807, 2.05) is 0 Å². The number of hydrogen-bond donors (Lipinski definition) is 2. The van der Waals surface area contributed by atoms with Crippen LogP contribution in [0.2, 0.25) is 0 Å². The minimum Gasteiger partial charge on any atom is -0.550 e. The number of carboxylic acid groups (broad SMARTS) is 3. The molecule has 0 aromatic carbocycles. The first-order valence-electron chi connectivity index (χ1n) is 10.4. The Morgan fingerprint density at radius 2 is 1.32 bits per heavy atom. The van der Waals surface area contributed by atoms with Gasteiger partial charge >= 0.3 is 11.9 Å². The minimum atomic E-state index is -1.10. The van der Waals surface area contributed by atoms with E-state index in [0.29, 0.717) is 49.9 Å². The molecule has 0 radical (unpaired) electrons. The van der Waals surface area contributed by atoms with Crippen molar-refractivity contribution in [1.82, 2.24) is 0 Å². The molecule has 162 valence electrons. The summed E-state index contributed by atoms with van der Waals surface area (Å²) in [6.45, 7) is 4.61. The summed E-state index contributed by atoms with van der Waals surface area (Å²) in [5, 5.41) is 28.7. The fourth-order valence-electron chi connectivity index (χ4n) is 3.40. The number of carbonyl (C=O) groups is 3. The van der Waals surface area contributed by atoms with Crippen LogP contribution in [0.1, 0.15) is 77.6 Å². The van der Waals surface area contributed by atoms with Gasteiger partial charge in [-0.1, -0.05) is 32.3 Å². The highest BCUT2D eigenvalue weighted by Crippen LogP contribution is 2.16. The van der Waals surface area contributed by atoms with E-state index < -0.39 is 17.9 Å². The smallest absolute Gasteiger partial charge is 0.303 e. The summed E-state index contributed by atoms with van der Waals surface area (Å²) in [5.74, 6) is -2.81. The normalized spacial score (nSPS) is 11.8. The van der Waals surface area contributed by atoms with Gasteiger partial charge in [-0.3, -0.25) is 9.59 Å². The Balaban J connectivity index is 4.94. The molecule has 0 aliphatic rings. The molecule has 0 bridgehead atoms. The number of unbranched alkanes of at least 4 members (excludes halogenated alkanes) is 4. The fraction of sp³-hybridized carbons (Fsp3) is 0.762. The number of aliphatic carboxylic acids is 3. The van der Waals surface area contributed by atoms with Crippen LogP contribution in [0.25, 0.3) is 0 Å². The highest BCUT2D eigenvalue weighted by Gasteiger charge is 2.26. The number of rotatable bonds is 19. The van der Waals surface area contributed by atoms with Crippen LogP contribution >= 0.6 is 0 Å². The average molecular weight is 400 g/mol. The second-order valence-corrected chi connectivity index (χ2v) is 7.49. The van der Waals surface area contributed by atoms with Gasteiger partial charge in [0.25, 0.3) is 0 Å². The molecule has 28 heavy (non-hydrogen) atoms. The van der Waals surface area contributed by atoms with E-state index in [9.17, 15) is 19.5 Å². The van der Waals surface area contributed by atoms with Gasteiger partial charge in [0, 0.05) is 25.2 Å². The van der Waals surface area contributed by atoms with Crippen LogP contribution in [0.4, 0.5) is 0 Å². The molecule has 0 aliphatic carbocycles. The highest BCUT2D eigenvalue weighted by atomic mass is 16.4. The molecule has 0 aromatic heterocycles. The molecular formula is C21H37NO6. The van der Waals surface area contributed by atoms with Crippen LogP contribution in [-0.4, -0.2) is 58.8 Å². The van der Waals surface area contributed by atoms with Gasteiger partial charge in [-0.2, -0.15) is 0 Å². The standard InChI is InChI=1S/C21H37NO6/c1-2-3-4-5-6-7-8-15-22(16-9-12-19(23)24,17-10-13-20(25)26)18-11-14-21(27)28/h7-8H,2-6,9-18H2,1H3,(H2-,23,24,25,26,27,28)/b8-7+. The molecule has 0 saturated heterocycles. The van der Waals surface area contributed by atoms with E-state index in [1.54, 1.807) is 0 Å². The SMILES string of the molecule is CCCCCC/C=C/C[N+](CCCC(=O)[O-])(CCCC(=O)O)CCCC(=O)O. The monoisotopic (exact) mass is 399 g/mol. The zero-order valence-electron chi connectivity index (χ0n) is 17.2. The van der Waals surface area contributed by atoms with Gasteiger partial charge in [-0.25, -0.2) is 0 Å². The van der Waals surface area contributed by atoms with Gasteiger partial charge < -0.3 is 24.6 Å². The Morgan fingerprint density at radius 1 is 0.786 bits per heavy atom. The lowest BCUT2D eigenvalue weighted by atomic mass is 10.1. The highest BCUT2D eigenvalue weighted by molar-refractivity contribution is 5.66. The van der Waals surface area contributed by atoms with Crippen LogP contribution in [0.3, 0.4) is 0 Å². The van der Waals surface area contributed by atoms with E-state index >= 15 is 0 Å². The van der Waals surface area contributed by atoms with Crippen LogP contribution in [0.5, 0.6) is 0 Å². The summed E-state index contributed by atoms with van der Waals surface area (Å²) in [5.41, 5.74) is 0. The van der Waals surface area contributed by atoms with Crippen molar-refractivity contribution in [2.75, 3.05) is 26.2 Å². The van der Waals surface area contributed by atoms with Crippen molar-refractivity contribution in [3.05, 3.63) is 12.2 Å². The van der Waals surface area contributed by atoms with Crippen molar-refractivity contribution in [3.63, 3.8) is 0 Å². The summed E-state index contributed by atoms with van der Waals surface area (Å²) in [7, 11) is 0. The lowest BCUT2D eigenvalue weighted by Gasteiger charge is -2.38. The van der Waals surface area contributed by atoms with Gasteiger partial charge in [-0.15, -0.1) is 0 Å². The van der Waals surface area contributed by atoms with E-state index in [1.165, 1.54) is 19.3 Å². The molecule has 2 N–H and O–H groups in total. The molecule has 0 amide bonds. The maximum atomic E-state index is 10.9. The fourth-order valence-corrected chi connectivity index (χ4v) is 3.40. The molecule has 0 aliphatic heterocycles. The van der Waals surface area contributed by atoms with Gasteiger partial charge in [0.2, 0.25) is 0 Å². The Labute approximate surface area is 168 Å². The maximum absolute atomic E-state index is 10.9. The van der Waals surface area contributed by atoms with Crippen molar-refractivity contribution in [2.45, 2.75) is 77.6 Å². The Hall–Kier alpha value is -1.89. The number of allylic oxidation sites excluding steroid dienone is 1. The number of quaternary nitrogens is 1. The largest absolute Gasteiger partial charge is 0.550 e. The van der Waals surface area contributed by atoms with Crippen LogP contribution in [-0.2, 0) is 14.4 Å². The van der Waals surface area contributed by atoms with Gasteiger partial charge in [0.05, 0.1) is 39.0 Å². The van der Waals surface area contributed by atoms with E-state index in [2.05, 4.69) is 19.1 Å². The maximum Gasteiger partial charge on any atom is 0.303 e. The lowest BCUT2D eigenvalue weighted by Crippen LogP contribution is -2.50. The molecule has 0 saturated carbocycles. The first-order valence-corrected chi connectivity index (χ1v) is 10.4. The third-order valence-electron chi connectivity index (χ3n) is 4.94. The van der Waals surface area contributed by atoms with E-state index in [0.717, 1.165) is 12.8 Å². The molecule has 0 atom stereocenters. The number of carboxylic acids is 3. The lowest BCUT2D eigenvalue weighted by molar-refractivity contribution is -0.923. The number of nitrogens with zero attached hydrogens (tertiary/aromatic N) is 1. The Kier molecular flexibility index (Phi) is 15.0. The zero-order chi connectivity index (χ0) is 21.3.